The molecule has 0 aliphatic rings. The maximum absolute atomic E-state index is 13.2. The number of rotatable bonds is 4. The maximum atomic E-state index is 13.2. The molecule has 0 saturated heterocycles. The zero-order valence-corrected chi connectivity index (χ0v) is 10.4. The summed E-state index contributed by atoms with van der Waals surface area (Å²) in [6.07, 6.45) is 0. The van der Waals surface area contributed by atoms with E-state index in [2.05, 4.69) is 5.32 Å². The summed E-state index contributed by atoms with van der Waals surface area (Å²) in [6.45, 7) is 5.81. The van der Waals surface area contributed by atoms with E-state index in [1.54, 1.807) is 18.2 Å². The second-order valence-electron chi connectivity index (χ2n) is 4.78. The van der Waals surface area contributed by atoms with Crippen LogP contribution in [-0.2, 0) is 16.1 Å². The lowest BCUT2D eigenvalue weighted by Crippen LogP contribution is -2.31. The first-order chi connectivity index (χ1) is 7.88. The molecule has 1 aromatic carbocycles. The van der Waals surface area contributed by atoms with Crippen LogP contribution < -0.4 is 5.32 Å². The van der Waals surface area contributed by atoms with Gasteiger partial charge in [0.1, 0.15) is 11.4 Å². The van der Waals surface area contributed by atoms with Crippen molar-refractivity contribution in [3.63, 3.8) is 0 Å². The molecule has 0 radical (unpaired) electrons. The Hall–Kier alpha value is -1.42. The normalized spacial score (nSPS) is 11.3. The van der Waals surface area contributed by atoms with Crippen molar-refractivity contribution in [2.24, 2.45) is 0 Å². The van der Waals surface area contributed by atoms with E-state index in [1.807, 2.05) is 20.8 Å². The van der Waals surface area contributed by atoms with Gasteiger partial charge in [0.25, 0.3) is 0 Å². The van der Waals surface area contributed by atoms with Gasteiger partial charge in [0.05, 0.1) is 6.54 Å². The average Bonchev–Trinajstić information content (AvgIpc) is 2.18. The van der Waals surface area contributed by atoms with Gasteiger partial charge in [0, 0.05) is 12.1 Å². The Kier molecular flexibility index (Phi) is 4.63. The van der Waals surface area contributed by atoms with Gasteiger partial charge in [0.2, 0.25) is 0 Å². The predicted octanol–water partition coefficient (Wildman–Crippen LogP) is 2.26. The lowest BCUT2D eigenvalue weighted by molar-refractivity contribution is -0.153. The fraction of sp³-hybridized carbons (Fsp3) is 0.462. The number of esters is 1. The van der Waals surface area contributed by atoms with Gasteiger partial charge >= 0.3 is 5.97 Å². The molecule has 0 unspecified atom stereocenters. The van der Waals surface area contributed by atoms with Crippen LogP contribution in [0.15, 0.2) is 24.3 Å². The molecule has 0 amide bonds. The number of hydrogen-bond acceptors (Lipinski definition) is 3. The van der Waals surface area contributed by atoms with Crippen molar-refractivity contribution in [2.75, 3.05) is 6.54 Å². The van der Waals surface area contributed by atoms with Crippen LogP contribution in [0, 0.1) is 5.82 Å². The summed E-state index contributed by atoms with van der Waals surface area (Å²) in [5.74, 6) is -0.613. The van der Waals surface area contributed by atoms with Crippen LogP contribution >= 0.6 is 0 Å². The SMILES string of the molecule is CC(C)(C)OC(=O)CNCc1ccccc1F. The smallest absolute Gasteiger partial charge is 0.320 e. The summed E-state index contributed by atoms with van der Waals surface area (Å²) in [4.78, 5) is 11.4. The second kappa shape index (κ2) is 5.77. The molecule has 0 saturated carbocycles. The van der Waals surface area contributed by atoms with E-state index in [0.29, 0.717) is 12.1 Å². The van der Waals surface area contributed by atoms with Crippen molar-refractivity contribution in [2.45, 2.75) is 32.9 Å². The zero-order chi connectivity index (χ0) is 12.9. The number of benzene rings is 1. The molecular formula is C13H18FNO2. The largest absolute Gasteiger partial charge is 0.459 e. The third-order valence-corrected chi connectivity index (χ3v) is 1.96. The topological polar surface area (TPSA) is 38.3 Å². The van der Waals surface area contributed by atoms with E-state index in [9.17, 15) is 9.18 Å². The minimum absolute atomic E-state index is 0.0750. The molecule has 0 aliphatic heterocycles. The Morgan fingerprint density at radius 3 is 2.59 bits per heavy atom. The molecule has 1 aromatic rings. The molecule has 94 valence electrons. The Bertz CT molecular complexity index is 385. The molecule has 1 N–H and O–H groups in total. The third-order valence-electron chi connectivity index (χ3n) is 1.96. The van der Waals surface area contributed by atoms with Crippen molar-refractivity contribution < 1.29 is 13.9 Å². The molecule has 0 heterocycles. The van der Waals surface area contributed by atoms with Crippen LogP contribution in [0.25, 0.3) is 0 Å². The van der Waals surface area contributed by atoms with Crippen molar-refractivity contribution in [1.82, 2.24) is 5.32 Å². The monoisotopic (exact) mass is 239 g/mol. The zero-order valence-electron chi connectivity index (χ0n) is 10.4. The molecule has 1 rings (SSSR count). The maximum Gasteiger partial charge on any atom is 0.320 e. The third kappa shape index (κ3) is 5.45. The molecule has 0 aliphatic carbocycles. The number of ether oxygens (including phenoxy) is 1. The summed E-state index contributed by atoms with van der Waals surface area (Å²) in [5, 5.41) is 2.85. The quantitative estimate of drug-likeness (QED) is 0.819. The van der Waals surface area contributed by atoms with Gasteiger partial charge < -0.3 is 10.1 Å². The highest BCUT2D eigenvalue weighted by Crippen LogP contribution is 2.07. The van der Waals surface area contributed by atoms with Crippen LogP contribution in [0.5, 0.6) is 0 Å². The van der Waals surface area contributed by atoms with Crippen LogP contribution in [-0.4, -0.2) is 18.1 Å². The van der Waals surface area contributed by atoms with Crippen LogP contribution in [0.1, 0.15) is 26.3 Å². The fourth-order valence-corrected chi connectivity index (χ4v) is 1.32. The Morgan fingerprint density at radius 1 is 1.35 bits per heavy atom. The summed E-state index contributed by atoms with van der Waals surface area (Å²) in [5.41, 5.74) is 0.0487. The first kappa shape index (κ1) is 13.6. The van der Waals surface area contributed by atoms with E-state index in [0.717, 1.165) is 0 Å². The van der Waals surface area contributed by atoms with Gasteiger partial charge in [-0.1, -0.05) is 18.2 Å². The van der Waals surface area contributed by atoms with Crippen molar-refractivity contribution >= 4 is 5.97 Å². The summed E-state index contributed by atoms with van der Waals surface area (Å²) < 4.78 is 18.3. The first-order valence-corrected chi connectivity index (χ1v) is 5.54. The van der Waals surface area contributed by atoms with Gasteiger partial charge in [-0.3, -0.25) is 4.79 Å². The Balaban J connectivity index is 2.34. The molecule has 0 bridgehead atoms. The summed E-state index contributed by atoms with van der Waals surface area (Å²) >= 11 is 0. The highest BCUT2D eigenvalue weighted by molar-refractivity contribution is 5.72. The van der Waals surface area contributed by atoms with Gasteiger partial charge in [0.15, 0.2) is 0 Å². The van der Waals surface area contributed by atoms with Crippen LogP contribution in [0.2, 0.25) is 0 Å². The highest BCUT2D eigenvalue weighted by atomic mass is 19.1. The predicted molar refractivity (Wildman–Crippen MR) is 64.0 cm³/mol. The number of carbonyl (C=O) groups is 1. The second-order valence-corrected chi connectivity index (χ2v) is 4.78. The van der Waals surface area contributed by atoms with Gasteiger partial charge in [-0.25, -0.2) is 4.39 Å². The lowest BCUT2D eigenvalue weighted by Gasteiger charge is -2.19. The number of nitrogens with one attached hydrogen (secondary N) is 1. The Labute approximate surface area is 101 Å². The van der Waals surface area contributed by atoms with Gasteiger partial charge in [-0.15, -0.1) is 0 Å². The summed E-state index contributed by atoms with van der Waals surface area (Å²) in [7, 11) is 0. The molecule has 0 spiro atoms. The molecule has 0 atom stereocenters. The minimum atomic E-state index is -0.489. The number of halogens is 1. The molecule has 17 heavy (non-hydrogen) atoms. The minimum Gasteiger partial charge on any atom is -0.459 e. The summed E-state index contributed by atoms with van der Waals surface area (Å²) in [6, 6.07) is 6.46. The van der Waals surface area contributed by atoms with Crippen molar-refractivity contribution in [3.8, 4) is 0 Å². The van der Waals surface area contributed by atoms with E-state index in [-0.39, 0.29) is 18.3 Å². The molecule has 4 heteroatoms. The van der Waals surface area contributed by atoms with Crippen molar-refractivity contribution in [1.29, 1.82) is 0 Å². The van der Waals surface area contributed by atoms with Crippen LogP contribution in [0.4, 0.5) is 4.39 Å². The van der Waals surface area contributed by atoms with Crippen molar-refractivity contribution in [3.05, 3.63) is 35.6 Å². The average molecular weight is 239 g/mol. The van der Waals surface area contributed by atoms with Gasteiger partial charge in [-0.05, 0) is 26.8 Å². The lowest BCUT2D eigenvalue weighted by atomic mass is 10.2. The molecule has 3 nitrogen and oxygen atoms in total. The van der Waals surface area contributed by atoms with E-state index in [4.69, 9.17) is 4.74 Å². The number of carbonyl (C=O) groups excluding carboxylic acids is 1. The first-order valence-electron chi connectivity index (χ1n) is 5.54. The Morgan fingerprint density at radius 2 is 2.00 bits per heavy atom. The molecule has 0 aromatic heterocycles. The fourth-order valence-electron chi connectivity index (χ4n) is 1.32. The van der Waals surface area contributed by atoms with Gasteiger partial charge in [-0.2, -0.15) is 0 Å². The van der Waals surface area contributed by atoms with E-state index >= 15 is 0 Å². The van der Waals surface area contributed by atoms with E-state index in [1.165, 1.54) is 6.07 Å². The van der Waals surface area contributed by atoms with E-state index < -0.39 is 5.60 Å². The standard InChI is InChI=1S/C13H18FNO2/c1-13(2,3)17-12(16)9-15-8-10-6-4-5-7-11(10)14/h4-7,15H,8-9H2,1-3H3. The van der Waals surface area contributed by atoms with Crippen LogP contribution in [0.3, 0.4) is 0 Å². The highest BCUT2D eigenvalue weighted by Gasteiger charge is 2.15. The molecule has 0 fully saturated rings. The molecular weight excluding hydrogens is 221 g/mol. The number of hydrogen-bond donors (Lipinski definition) is 1.